The lowest BCUT2D eigenvalue weighted by Crippen LogP contribution is -2.59. The molecule has 3 aliphatic rings. The maximum Gasteiger partial charge on any atom is 0.245 e. The van der Waals surface area contributed by atoms with Crippen LogP contribution in [0.15, 0.2) is 36.4 Å². The number of carbonyl (C=O) groups is 1. The number of nitriles is 1. The molecule has 5 heterocycles. The van der Waals surface area contributed by atoms with Crippen molar-refractivity contribution in [3.63, 3.8) is 0 Å². The van der Waals surface area contributed by atoms with Crippen LogP contribution in [-0.2, 0) is 22.6 Å². The Hall–Kier alpha value is -3.32. The van der Waals surface area contributed by atoms with Crippen molar-refractivity contribution < 1.29 is 13.9 Å². The van der Waals surface area contributed by atoms with E-state index in [0.29, 0.717) is 48.6 Å². The number of nitrogens with zero attached hydrogens (tertiary/aromatic N) is 5. The second-order valence-electron chi connectivity index (χ2n) is 10.2. The van der Waals surface area contributed by atoms with Crippen molar-refractivity contribution in [1.29, 1.82) is 5.26 Å². The molecule has 2 saturated heterocycles. The molecule has 0 bridgehead atoms. The van der Waals surface area contributed by atoms with Gasteiger partial charge in [-0.3, -0.25) is 4.79 Å². The van der Waals surface area contributed by atoms with Crippen LogP contribution in [0.2, 0.25) is 5.02 Å². The fourth-order valence-electron chi connectivity index (χ4n) is 5.94. The van der Waals surface area contributed by atoms with Gasteiger partial charge in [0, 0.05) is 54.7 Å². The van der Waals surface area contributed by atoms with E-state index in [2.05, 4.69) is 22.5 Å². The van der Waals surface area contributed by atoms with Crippen molar-refractivity contribution in [2.24, 2.45) is 5.41 Å². The summed E-state index contributed by atoms with van der Waals surface area (Å²) in [5, 5.41) is 10.6. The summed E-state index contributed by atoms with van der Waals surface area (Å²) in [6.45, 7) is 8.56. The standard InChI is InChI=1S/C28H25ClFN5O2S/c1-3-24(36)35-13-28(14-35)6-7-34(12-28)27-19(10-31)25(18-5-4-17(30)8-21(18)29)20-11-37-23(9-22(20)33-27)26-16(2)32-15-38-26/h3-5,8,15,23H,1,6-7,9,11-14H2,2H3/t23-/m1/s1. The first kappa shape index (κ1) is 25.0. The Morgan fingerprint density at radius 2 is 2.21 bits per heavy atom. The van der Waals surface area contributed by atoms with Gasteiger partial charge in [-0.25, -0.2) is 14.4 Å². The summed E-state index contributed by atoms with van der Waals surface area (Å²) in [7, 11) is 0. The molecule has 2 aromatic heterocycles. The van der Waals surface area contributed by atoms with Crippen LogP contribution in [0.1, 0.15) is 39.9 Å². The molecular weight excluding hydrogens is 525 g/mol. The van der Waals surface area contributed by atoms with Gasteiger partial charge < -0.3 is 14.5 Å². The number of likely N-dealkylation sites (tertiary alicyclic amines) is 1. The van der Waals surface area contributed by atoms with Gasteiger partial charge in [-0.05, 0) is 37.6 Å². The molecule has 6 rings (SSSR count). The lowest BCUT2D eigenvalue weighted by molar-refractivity contribution is -0.136. The highest BCUT2D eigenvalue weighted by Crippen LogP contribution is 2.46. The van der Waals surface area contributed by atoms with E-state index in [0.717, 1.165) is 34.8 Å². The third-order valence-electron chi connectivity index (χ3n) is 7.84. The molecule has 0 unspecified atom stereocenters. The van der Waals surface area contributed by atoms with E-state index in [1.807, 2.05) is 12.4 Å². The van der Waals surface area contributed by atoms with Crippen molar-refractivity contribution in [3.8, 4) is 17.2 Å². The highest BCUT2D eigenvalue weighted by molar-refractivity contribution is 7.09. The minimum atomic E-state index is -0.442. The number of carbonyl (C=O) groups excluding carboxylic acids is 1. The molecule has 194 valence electrons. The van der Waals surface area contributed by atoms with Crippen molar-refractivity contribution in [1.82, 2.24) is 14.9 Å². The van der Waals surface area contributed by atoms with Gasteiger partial charge in [0.2, 0.25) is 5.91 Å². The Morgan fingerprint density at radius 3 is 2.89 bits per heavy atom. The van der Waals surface area contributed by atoms with Crippen molar-refractivity contribution in [2.75, 3.05) is 31.1 Å². The van der Waals surface area contributed by atoms with Gasteiger partial charge in [-0.2, -0.15) is 5.26 Å². The average molecular weight is 550 g/mol. The zero-order chi connectivity index (χ0) is 26.6. The van der Waals surface area contributed by atoms with E-state index in [1.165, 1.54) is 18.2 Å². The number of benzene rings is 1. The second-order valence-corrected chi connectivity index (χ2v) is 11.5. The smallest absolute Gasteiger partial charge is 0.245 e. The normalized spacial score (nSPS) is 19.7. The summed E-state index contributed by atoms with van der Waals surface area (Å²) in [6.07, 6.45) is 2.59. The molecule has 0 aliphatic carbocycles. The molecule has 2 fully saturated rings. The van der Waals surface area contributed by atoms with Crippen LogP contribution in [-0.4, -0.2) is 47.0 Å². The number of rotatable bonds is 4. The van der Waals surface area contributed by atoms with Crippen LogP contribution in [0.25, 0.3) is 11.1 Å². The molecular formula is C28H25ClFN5O2S. The molecule has 0 N–H and O–H groups in total. The Labute approximate surface area is 229 Å². The van der Waals surface area contributed by atoms with Gasteiger partial charge in [-0.15, -0.1) is 11.3 Å². The van der Waals surface area contributed by atoms with Crippen LogP contribution in [0.3, 0.4) is 0 Å². The molecule has 1 aromatic carbocycles. The zero-order valence-electron chi connectivity index (χ0n) is 20.8. The van der Waals surface area contributed by atoms with Gasteiger partial charge >= 0.3 is 0 Å². The first-order valence-corrected chi connectivity index (χ1v) is 13.7. The number of amides is 1. The molecule has 1 spiro atoms. The average Bonchev–Trinajstić information content (AvgIpc) is 3.53. The van der Waals surface area contributed by atoms with Gasteiger partial charge in [0.1, 0.15) is 23.3 Å². The number of hydrogen-bond acceptors (Lipinski definition) is 7. The summed E-state index contributed by atoms with van der Waals surface area (Å²) in [4.78, 5) is 26.5. The van der Waals surface area contributed by atoms with E-state index in [9.17, 15) is 14.4 Å². The molecule has 10 heteroatoms. The van der Waals surface area contributed by atoms with Crippen LogP contribution in [0.4, 0.5) is 10.2 Å². The Morgan fingerprint density at radius 1 is 1.39 bits per heavy atom. The van der Waals surface area contributed by atoms with Crippen LogP contribution >= 0.6 is 22.9 Å². The minimum absolute atomic E-state index is 0.0257. The summed E-state index contributed by atoms with van der Waals surface area (Å²) in [5.74, 6) is 0.104. The van der Waals surface area contributed by atoms with E-state index < -0.39 is 5.82 Å². The Balaban J connectivity index is 1.43. The molecule has 3 aliphatic heterocycles. The first-order chi connectivity index (χ1) is 18.3. The molecule has 1 atom stereocenters. The van der Waals surface area contributed by atoms with Gasteiger partial charge in [0.15, 0.2) is 0 Å². The van der Waals surface area contributed by atoms with Crippen LogP contribution in [0.5, 0.6) is 0 Å². The highest BCUT2D eigenvalue weighted by Gasteiger charge is 2.49. The summed E-state index contributed by atoms with van der Waals surface area (Å²) >= 11 is 8.10. The van der Waals surface area contributed by atoms with E-state index >= 15 is 0 Å². The fraction of sp³-hybridized carbons (Fsp3) is 0.357. The van der Waals surface area contributed by atoms with Crippen molar-refractivity contribution in [3.05, 3.63) is 74.6 Å². The lowest BCUT2D eigenvalue weighted by atomic mass is 9.79. The highest BCUT2D eigenvalue weighted by atomic mass is 35.5. The van der Waals surface area contributed by atoms with E-state index in [-0.39, 0.29) is 29.1 Å². The van der Waals surface area contributed by atoms with Gasteiger partial charge in [-0.1, -0.05) is 18.2 Å². The number of aryl methyl sites for hydroxylation is 1. The van der Waals surface area contributed by atoms with Crippen LogP contribution < -0.4 is 4.90 Å². The number of thiazole rings is 1. The Kier molecular flexibility index (Phi) is 6.22. The molecule has 1 amide bonds. The fourth-order valence-corrected chi connectivity index (χ4v) is 7.05. The molecule has 0 radical (unpaired) electrons. The Bertz CT molecular complexity index is 1510. The topological polar surface area (TPSA) is 82.4 Å². The van der Waals surface area contributed by atoms with Crippen molar-refractivity contribution >= 4 is 34.7 Å². The molecule has 7 nitrogen and oxygen atoms in total. The summed E-state index contributed by atoms with van der Waals surface area (Å²) < 4.78 is 20.2. The largest absolute Gasteiger partial charge is 0.367 e. The zero-order valence-corrected chi connectivity index (χ0v) is 22.4. The predicted octanol–water partition coefficient (Wildman–Crippen LogP) is 5.22. The third-order valence-corrected chi connectivity index (χ3v) is 9.17. The molecule has 0 saturated carbocycles. The molecule has 3 aromatic rings. The van der Waals surface area contributed by atoms with Crippen LogP contribution in [0, 0.1) is 29.5 Å². The number of pyridine rings is 1. The number of halogens is 2. The maximum atomic E-state index is 14.0. The number of ether oxygens (including phenoxy) is 1. The monoisotopic (exact) mass is 549 g/mol. The number of fused-ring (bicyclic) bond motifs is 1. The second kappa shape index (κ2) is 9.45. The maximum absolute atomic E-state index is 14.0. The van der Waals surface area contributed by atoms with E-state index in [4.69, 9.17) is 21.3 Å². The summed E-state index contributed by atoms with van der Waals surface area (Å²) in [5.41, 5.74) is 6.01. The van der Waals surface area contributed by atoms with Gasteiger partial charge in [0.25, 0.3) is 0 Å². The third kappa shape index (κ3) is 4.08. The quantitative estimate of drug-likeness (QED) is 0.415. The minimum Gasteiger partial charge on any atom is -0.367 e. The number of hydrogen-bond donors (Lipinski definition) is 0. The van der Waals surface area contributed by atoms with Gasteiger partial charge in [0.05, 0.1) is 39.5 Å². The van der Waals surface area contributed by atoms with Crippen molar-refractivity contribution in [2.45, 2.75) is 32.5 Å². The lowest BCUT2D eigenvalue weighted by Gasteiger charge is -2.47. The molecule has 38 heavy (non-hydrogen) atoms. The number of anilines is 1. The predicted molar refractivity (Wildman–Crippen MR) is 143 cm³/mol. The first-order valence-electron chi connectivity index (χ1n) is 12.4. The SMILES string of the molecule is C=CC(=O)N1CC2(CCN(c3nc4c(c(-c5ccc(F)cc5Cl)c3C#N)CO[C@@H](c3scnc3C)C4)C2)C1. The van der Waals surface area contributed by atoms with E-state index in [1.54, 1.807) is 22.3 Å². The number of aromatic nitrogens is 2. The summed E-state index contributed by atoms with van der Waals surface area (Å²) in [6, 6.07) is 6.62.